The molecule has 0 unspecified atom stereocenters. The predicted molar refractivity (Wildman–Crippen MR) is 115 cm³/mol. The molecule has 1 N–H and O–H groups in total. The van der Waals surface area contributed by atoms with Gasteiger partial charge in [-0.25, -0.2) is 0 Å². The van der Waals surface area contributed by atoms with E-state index in [9.17, 15) is 5.11 Å². The number of methoxy groups -OCH3 is 2. The van der Waals surface area contributed by atoms with Crippen LogP contribution in [0.5, 0.6) is 0 Å². The summed E-state index contributed by atoms with van der Waals surface area (Å²) in [6.07, 6.45) is 1.28. The fourth-order valence-corrected chi connectivity index (χ4v) is 4.61. The number of ether oxygens (including phenoxy) is 5. The maximum absolute atomic E-state index is 9.37. The van der Waals surface area contributed by atoms with Crippen molar-refractivity contribution < 1.29 is 33.2 Å². The summed E-state index contributed by atoms with van der Waals surface area (Å²) in [5.74, 6) is 0.128. The Morgan fingerprint density at radius 1 is 1.00 bits per heavy atom. The fourth-order valence-electron chi connectivity index (χ4n) is 3.23. The molecule has 6 atom stereocenters. The van der Waals surface area contributed by atoms with Crippen molar-refractivity contribution >= 4 is 8.32 Å². The van der Waals surface area contributed by atoms with Gasteiger partial charge >= 0.3 is 0 Å². The summed E-state index contributed by atoms with van der Waals surface area (Å²) in [5, 5.41) is 9.48. The molecule has 1 saturated heterocycles. The Bertz CT molecular complexity index is 455. The van der Waals surface area contributed by atoms with Gasteiger partial charge in [0.15, 0.2) is 8.32 Å². The molecule has 0 radical (unpaired) electrons. The van der Waals surface area contributed by atoms with Crippen LogP contribution in [0.1, 0.15) is 47.5 Å². The van der Waals surface area contributed by atoms with Crippen LogP contribution in [0.15, 0.2) is 0 Å². The molecule has 0 bridgehead atoms. The van der Waals surface area contributed by atoms with Crippen molar-refractivity contribution in [1.82, 2.24) is 0 Å². The second kappa shape index (κ2) is 12.1. The number of hydrogen-bond acceptors (Lipinski definition) is 7. The zero-order valence-electron chi connectivity index (χ0n) is 19.9. The van der Waals surface area contributed by atoms with Crippen molar-refractivity contribution in [3.63, 3.8) is 0 Å². The Kier molecular flexibility index (Phi) is 11.2. The van der Waals surface area contributed by atoms with Gasteiger partial charge in [-0.1, -0.05) is 27.7 Å². The predicted octanol–water partition coefficient (Wildman–Crippen LogP) is 3.55. The highest BCUT2D eigenvalue weighted by Crippen LogP contribution is 2.39. The maximum Gasteiger partial charge on any atom is 0.192 e. The smallest absolute Gasteiger partial charge is 0.192 e. The molecule has 8 heteroatoms. The van der Waals surface area contributed by atoms with E-state index in [1.54, 1.807) is 14.2 Å². The highest BCUT2D eigenvalue weighted by molar-refractivity contribution is 6.74. The van der Waals surface area contributed by atoms with E-state index in [0.29, 0.717) is 0 Å². The lowest BCUT2D eigenvalue weighted by Gasteiger charge is -2.41. The minimum Gasteiger partial charge on any atom is -0.414 e. The third-order valence-electron chi connectivity index (χ3n) is 6.13. The van der Waals surface area contributed by atoms with Gasteiger partial charge in [0.25, 0.3) is 0 Å². The first-order valence-electron chi connectivity index (χ1n) is 10.6. The minimum absolute atomic E-state index is 0.00506. The highest BCUT2D eigenvalue weighted by atomic mass is 28.4. The largest absolute Gasteiger partial charge is 0.414 e. The monoisotopic (exact) mass is 436 g/mol. The Labute approximate surface area is 178 Å². The quantitative estimate of drug-likeness (QED) is 0.239. The third kappa shape index (κ3) is 8.91. The molecule has 1 fully saturated rings. The van der Waals surface area contributed by atoms with Gasteiger partial charge in [0, 0.05) is 26.2 Å². The van der Waals surface area contributed by atoms with E-state index in [1.807, 2.05) is 6.92 Å². The second-order valence-electron chi connectivity index (χ2n) is 9.65. The SMILES string of the molecule is COCO[C@H](C)C[C@@H](C[C@@H](OCOC)[C@@H](C)[C@@H]1O[C@@H]1CO)O[Si](C)(C)C(C)(C)C. The van der Waals surface area contributed by atoms with Crippen molar-refractivity contribution in [2.45, 2.75) is 96.1 Å². The lowest BCUT2D eigenvalue weighted by Crippen LogP contribution is -2.46. The lowest BCUT2D eigenvalue weighted by atomic mass is 9.93. The summed E-state index contributed by atoms with van der Waals surface area (Å²) in [5.41, 5.74) is 0. The molecule has 1 aliphatic heterocycles. The third-order valence-corrected chi connectivity index (χ3v) is 10.7. The molecular weight excluding hydrogens is 392 g/mol. The van der Waals surface area contributed by atoms with E-state index < -0.39 is 8.32 Å². The molecule has 0 amide bonds. The molecular formula is C21H44O7Si. The van der Waals surface area contributed by atoms with E-state index in [2.05, 4.69) is 40.8 Å². The Morgan fingerprint density at radius 2 is 1.59 bits per heavy atom. The Balaban J connectivity index is 2.91. The van der Waals surface area contributed by atoms with Crippen LogP contribution in [-0.2, 0) is 28.1 Å². The first kappa shape index (κ1) is 27.0. The number of aliphatic hydroxyl groups is 1. The summed E-state index contributed by atoms with van der Waals surface area (Å²) in [4.78, 5) is 0. The maximum atomic E-state index is 9.37. The van der Waals surface area contributed by atoms with Crippen molar-refractivity contribution in [3.05, 3.63) is 0 Å². The van der Waals surface area contributed by atoms with E-state index >= 15 is 0 Å². The molecule has 29 heavy (non-hydrogen) atoms. The van der Waals surface area contributed by atoms with Gasteiger partial charge < -0.3 is 33.2 Å². The van der Waals surface area contributed by atoms with E-state index in [1.165, 1.54) is 0 Å². The average Bonchev–Trinajstić information content (AvgIpc) is 3.41. The molecule has 0 aromatic rings. The van der Waals surface area contributed by atoms with Crippen LogP contribution < -0.4 is 0 Å². The average molecular weight is 437 g/mol. The van der Waals surface area contributed by atoms with Crippen LogP contribution in [0.3, 0.4) is 0 Å². The van der Waals surface area contributed by atoms with Crippen LogP contribution in [0.25, 0.3) is 0 Å². The molecule has 0 aromatic carbocycles. The summed E-state index contributed by atoms with van der Waals surface area (Å²) in [7, 11) is 1.27. The highest BCUT2D eigenvalue weighted by Gasteiger charge is 2.47. The Hall–Kier alpha value is -0.0631. The standard InChI is InChI=1S/C21H44O7Si/c1-15(25-13-23-6)10-17(28-29(8,9)21(3,4)5)11-18(26-14-24-7)16(2)20-19(12-22)27-20/h15-20,22H,10-14H2,1-9H3/t15-,16-,17+,18-,19-,20+/m1/s1. The normalized spacial score (nSPS) is 24.2. The zero-order valence-corrected chi connectivity index (χ0v) is 20.9. The van der Waals surface area contributed by atoms with Crippen LogP contribution in [-0.4, -0.2) is 78.4 Å². The van der Waals surface area contributed by atoms with E-state index in [4.69, 9.17) is 28.1 Å². The van der Waals surface area contributed by atoms with Gasteiger partial charge in [-0.2, -0.15) is 0 Å². The van der Waals surface area contributed by atoms with Gasteiger partial charge in [-0.15, -0.1) is 0 Å². The molecule has 0 aliphatic carbocycles. The molecule has 1 heterocycles. The minimum atomic E-state index is -1.98. The number of epoxide rings is 1. The van der Waals surface area contributed by atoms with Crippen LogP contribution >= 0.6 is 0 Å². The van der Waals surface area contributed by atoms with E-state index in [-0.39, 0.29) is 61.7 Å². The second-order valence-corrected chi connectivity index (χ2v) is 14.4. The number of rotatable bonds is 15. The number of aliphatic hydroxyl groups excluding tert-OH is 1. The summed E-state index contributed by atoms with van der Waals surface area (Å²) >= 11 is 0. The van der Waals surface area contributed by atoms with Crippen LogP contribution in [0.4, 0.5) is 0 Å². The van der Waals surface area contributed by atoms with Crippen molar-refractivity contribution in [2.75, 3.05) is 34.4 Å². The van der Waals surface area contributed by atoms with Gasteiger partial charge in [0.1, 0.15) is 19.7 Å². The first-order chi connectivity index (χ1) is 13.5. The zero-order chi connectivity index (χ0) is 22.2. The topological polar surface area (TPSA) is 78.9 Å². The van der Waals surface area contributed by atoms with Gasteiger partial charge in [-0.3, -0.25) is 0 Å². The molecule has 174 valence electrons. The summed E-state index contributed by atoms with van der Waals surface area (Å²) in [6.45, 7) is 15.9. The van der Waals surface area contributed by atoms with Crippen molar-refractivity contribution in [3.8, 4) is 0 Å². The molecule has 1 aliphatic rings. The van der Waals surface area contributed by atoms with Crippen molar-refractivity contribution in [1.29, 1.82) is 0 Å². The first-order valence-corrected chi connectivity index (χ1v) is 13.5. The fraction of sp³-hybridized carbons (Fsp3) is 1.00. The summed E-state index contributed by atoms with van der Waals surface area (Å²) in [6, 6.07) is 0. The van der Waals surface area contributed by atoms with Gasteiger partial charge in [0.05, 0.1) is 24.9 Å². The van der Waals surface area contributed by atoms with E-state index in [0.717, 1.165) is 12.8 Å². The number of hydrogen-bond donors (Lipinski definition) is 1. The van der Waals surface area contributed by atoms with Gasteiger partial charge in [-0.05, 0) is 37.9 Å². The van der Waals surface area contributed by atoms with Crippen molar-refractivity contribution in [2.24, 2.45) is 5.92 Å². The molecule has 1 rings (SSSR count). The molecule has 0 saturated carbocycles. The van der Waals surface area contributed by atoms with Crippen LogP contribution in [0, 0.1) is 5.92 Å². The molecule has 7 nitrogen and oxygen atoms in total. The lowest BCUT2D eigenvalue weighted by molar-refractivity contribution is -0.111. The van der Waals surface area contributed by atoms with Crippen LogP contribution in [0.2, 0.25) is 18.1 Å². The summed E-state index contributed by atoms with van der Waals surface area (Å²) < 4.78 is 34.4. The Morgan fingerprint density at radius 3 is 2.07 bits per heavy atom. The molecule has 0 aromatic heterocycles. The van der Waals surface area contributed by atoms with Gasteiger partial charge in [0.2, 0.25) is 0 Å². The molecule has 0 spiro atoms.